The summed E-state index contributed by atoms with van der Waals surface area (Å²) in [7, 11) is 1.31. The third kappa shape index (κ3) is 3.73. The van der Waals surface area contributed by atoms with Crippen LogP contribution in [0.5, 0.6) is 0 Å². The second kappa shape index (κ2) is 6.61. The van der Waals surface area contributed by atoms with Gasteiger partial charge in [0, 0.05) is 0 Å². The molecule has 0 heterocycles. The van der Waals surface area contributed by atoms with Crippen LogP contribution < -0.4 is 5.43 Å². The lowest BCUT2D eigenvalue weighted by Crippen LogP contribution is -2.19. The lowest BCUT2D eigenvalue weighted by Gasteiger charge is -2.05. The Morgan fingerprint density at radius 3 is 2.62 bits per heavy atom. The quantitative estimate of drug-likeness (QED) is 0.626. The SMILES string of the molecule is CCCC(=NNC(=O)OC)c1ccccc1. The molecule has 1 aromatic carbocycles. The predicted octanol–water partition coefficient (Wildman–Crippen LogP) is 2.55. The van der Waals surface area contributed by atoms with Gasteiger partial charge in [0.25, 0.3) is 0 Å². The molecule has 1 N–H and O–H groups in total. The lowest BCUT2D eigenvalue weighted by atomic mass is 10.1. The van der Waals surface area contributed by atoms with E-state index in [1.54, 1.807) is 0 Å². The number of amides is 1. The molecule has 0 aliphatic carbocycles. The van der Waals surface area contributed by atoms with Crippen molar-refractivity contribution in [3.8, 4) is 0 Å². The average Bonchev–Trinajstić information content (AvgIpc) is 2.35. The zero-order valence-corrected chi connectivity index (χ0v) is 9.56. The Morgan fingerprint density at radius 1 is 1.38 bits per heavy atom. The van der Waals surface area contributed by atoms with Crippen molar-refractivity contribution >= 4 is 11.8 Å². The molecule has 0 bridgehead atoms. The van der Waals surface area contributed by atoms with Crippen molar-refractivity contribution in [1.29, 1.82) is 0 Å². The first-order chi connectivity index (χ1) is 7.77. The number of carbonyl (C=O) groups excluding carboxylic acids is 1. The van der Waals surface area contributed by atoms with E-state index in [2.05, 4.69) is 22.2 Å². The number of hydrazone groups is 1. The highest BCUT2D eigenvalue weighted by Crippen LogP contribution is 2.05. The van der Waals surface area contributed by atoms with E-state index in [-0.39, 0.29) is 0 Å². The van der Waals surface area contributed by atoms with E-state index < -0.39 is 6.09 Å². The second-order valence-electron chi connectivity index (χ2n) is 3.28. The van der Waals surface area contributed by atoms with Crippen molar-refractivity contribution in [2.24, 2.45) is 5.10 Å². The van der Waals surface area contributed by atoms with Crippen LogP contribution in [0.2, 0.25) is 0 Å². The summed E-state index contributed by atoms with van der Waals surface area (Å²) in [5, 5.41) is 4.05. The number of methoxy groups -OCH3 is 1. The molecule has 0 saturated carbocycles. The minimum atomic E-state index is -0.551. The molecule has 0 fully saturated rings. The zero-order valence-electron chi connectivity index (χ0n) is 9.56. The summed E-state index contributed by atoms with van der Waals surface area (Å²) in [5.74, 6) is 0. The summed E-state index contributed by atoms with van der Waals surface area (Å²) in [4.78, 5) is 10.9. The molecule has 0 atom stereocenters. The monoisotopic (exact) mass is 220 g/mol. The summed E-state index contributed by atoms with van der Waals surface area (Å²) >= 11 is 0. The molecule has 0 unspecified atom stereocenters. The largest absolute Gasteiger partial charge is 0.452 e. The van der Waals surface area contributed by atoms with E-state index in [0.717, 1.165) is 24.1 Å². The van der Waals surface area contributed by atoms with Gasteiger partial charge in [-0.1, -0.05) is 43.7 Å². The fraction of sp³-hybridized carbons (Fsp3) is 0.333. The third-order valence-corrected chi connectivity index (χ3v) is 2.06. The van der Waals surface area contributed by atoms with Crippen LogP contribution >= 0.6 is 0 Å². The molecule has 0 spiro atoms. The Labute approximate surface area is 95.3 Å². The molecule has 0 aromatic heterocycles. The first kappa shape index (κ1) is 12.2. The Hall–Kier alpha value is -1.84. The summed E-state index contributed by atoms with van der Waals surface area (Å²) in [5.41, 5.74) is 4.21. The predicted molar refractivity (Wildman–Crippen MR) is 63.4 cm³/mol. The summed E-state index contributed by atoms with van der Waals surface area (Å²) in [6.45, 7) is 2.07. The fourth-order valence-electron chi connectivity index (χ4n) is 1.29. The lowest BCUT2D eigenvalue weighted by molar-refractivity contribution is 0.171. The Morgan fingerprint density at radius 2 is 2.06 bits per heavy atom. The van der Waals surface area contributed by atoms with Gasteiger partial charge in [-0.2, -0.15) is 5.10 Å². The maximum atomic E-state index is 10.9. The number of hydrogen-bond donors (Lipinski definition) is 1. The van der Waals surface area contributed by atoms with Crippen LogP contribution in [0.4, 0.5) is 4.79 Å². The van der Waals surface area contributed by atoms with Gasteiger partial charge in [-0.25, -0.2) is 10.2 Å². The molecule has 4 heteroatoms. The summed E-state index contributed by atoms with van der Waals surface area (Å²) in [6.07, 6.45) is 1.23. The number of ether oxygens (including phenoxy) is 1. The van der Waals surface area contributed by atoms with Crippen LogP contribution in [-0.2, 0) is 4.74 Å². The van der Waals surface area contributed by atoms with Gasteiger partial charge in [0.05, 0.1) is 12.8 Å². The zero-order chi connectivity index (χ0) is 11.8. The maximum absolute atomic E-state index is 10.9. The number of nitrogens with one attached hydrogen (secondary N) is 1. The topological polar surface area (TPSA) is 50.7 Å². The molecule has 1 rings (SSSR count). The fourth-order valence-corrected chi connectivity index (χ4v) is 1.29. The Balaban J connectivity index is 2.78. The minimum absolute atomic E-state index is 0.551. The van der Waals surface area contributed by atoms with Gasteiger partial charge >= 0.3 is 6.09 Å². The maximum Gasteiger partial charge on any atom is 0.427 e. The van der Waals surface area contributed by atoms with Gasteiger partial charge in [-0.05, 0) is 12.0 Å². The van der Waals surface area contributed by atoms with Gasteiger partial charge in [0.2, 0.25) is 0 Å². The molecule has 16 heavy (non-hydrogen) atoms. The van der Waals surface area contributed by atoms with Crippen LogP contribution in [0, 0.1) is 0 Å². The second-order valence-corrected chi connectivity index (χ2v) is 3.28. The molecule has 4 nitrogen and oxygen atoms in total. The van der Waals surface area contributed by atoms with Crippen molar-refractivity contribution in [1.82, 2.24) is 5.43 Å². The first-order valence-corrected chi connectivity index (χ1v) is 5.24. The molecule has 0 aliphatic rings. The van der Waals surface area contributed by atoms with Crippen molar-refractivity contribution < 1.29 is 9.53 Å². The van der Waals surface area contributed by atoms with E-state index in [9.17, 15) is 4.79 Å². The van der Waals surface area contributed by atoms with Crippen molar-refractivity contribution in [2.45, 2.75) is 19.8 Å². The summed E-state index contributed by atoms with van der Waals surface area (Å²) < 4.78 is 4.46. The van der Waals surface area contributed by atoms with E-state index in [1.165, 1.54) is 7.11 Å². The number of carbonyl (C=O) groups is 1. The normalized spacial score (nSPS) is 11.0. The molecule has 1 amide bonds. The van der Waals surface area contributed by atoms with Crippen LogP contribution in [0.3, 0.4) is 0 Å². The summed E-state index contributed by atoms with van der Waals surface area (Å²) in [6, 6.07) is 9.76. The number of nitrogens with zero attached hydrogens (tertiary/aromatic N) is 1. The van der Waals surface area contributed by atoms with Gasteiger partial charge in [0.15, 0.2) is 0 Å². The van der Waals surface area contributed by atoms with Crippen molar-refractivity contribution in [3.63, 3.8) is 0 Å². The molecular weight excluding hydrogens is 204 g/mol. The first-order valence-electron chi connectivity index (χ1n) is 5.24. The third-order valence-electron chi connectivity index (χ3n) is 2.06. The standard InChI is InChI=1S/C12H16N2O2/c1-3-7-11(13-14-12(15)16-2)10-8-5-4-6-9-10/h4-6,8-9H,3,7H2,1-2H3,(H,14,15). The van der Waals surface area contributed by atoms with E-state index in [0.29, 0.717) is 0 Å². The Bertz CT molecular complexity index is 361. The van der Waals surface area contributed by atoms with Crippen molar-refractivity contribution in [3.05, 3.63) is 35.9 Å². The highest BCUT2D eigenvalue weighted by molar-refractivity contribution is 6.00. The van der Waals surface area contributed by atoms with E-state index >= 15 is 0 Å². The molecule has 0 saturated heterocycles. The van der Waals surface area contributed by atoms with Crippen molar-refractivity contribution in [2.75, 3.05) is 7.11 Å². The van der Waals surface area contributed by atoms with E-state index in [4.69, 9.17) is 0 Å². The smallest absolute Gasteiger partial charge is 0.427 e. The van der Waals surface area contributed by atoms with Gasteiger partial charge in [-0.15, -0.1) is 0 Å². The van der Waals surface area contributed by atoms with E-state index in [1.807, 2.05) is 30.3 Å². The highest BCUT2D eigenvalue weighted by Gasteiger charge is 2.03. The van der Waals surface area contributed by atoms with Gasteiger partial charge < -0.3 is 4.74 Å². The molecule has 1 aromatic rings. The highest BCUT2D eigenvalue weighted by atomic mass is 16.5. The van der Waals surface area contributed by atoms with Crippen LogP contribution in [0.1, 0.15) is 25.3 Å². The van der Waals surface area contributed by atoms with Gasteiger partial charge in [0.1, 0.15) is 0 Å². The van der Waals surface area contributed by atoms with Crippen LogP contribution in [0.25, 0.3) is 0 Å². The van der Waals surface area contributed by atoms with Crippen LogP contribution in [-0.4, -0.2) is 18.9 Å². The Kier molecular flexibility index (Phi) is 5.05. The number of hydrogen-bond acceptors (Lipinski definition) is 3. The van der Waals surface area contributed by atoms with Gasteiger partial charge in [-0.3, -0.25) is 0 Å². The average molecular weight is 220 g/mol. The minimum Gasteiger partial charge on any atom is -0.452 e. The molecular formula is C12H16N2O2. The molecule has 86 valence electrons. The van der Waals surface area contributed by atoms with Crippen LogP contribution in [0.15, 0.2) is 35.4 Å². The number of benzene rings is 1. The molecule has 0 aliphatic heterocycles. The molecule has 0 radical (unpaired) electrons. The number of rotatable bonds is 4.